The molecule has 100 valence electrons. The first-order valence-corrected chi connectivity index (χ1v) is 5.53. The summed E-state index contributed by atoms with van der Waals surface area (Å²) in [5.41, 5.74) is 0. The molecule has 17 heteroatoms. The predicted octanol–water partition coefficient (Wildman–Crippen LogP) is -2.17. The van der Waals surface area contributed by atoms with E-state index in [0.717, 1.165) is 0 Å². The SMILES string of the molecule is O=[S-](=O)OO.O=[S-](=O)OOS(=O)(=O)OO.[Ga].[Ga]. The van der Waals surface area contributed by atoms with E-state index in [1.54, 1.807) is 0 Å². The van der Waals surface area contributed by atoms with Crippen molar-refractivity contribution < 1.29 is 53.1 Å². The van der Waals surface area contributed by atoms with Gasteiger partial charge in [-0.3, -0.25) is 13.9 Å². The van der Waals surface area contributed by atoms with E-state index in [-0.39, 0.29) is 39.6 Å². The monoisotopic (exact) mass is 428 g/mol. The molecule has 0 saturated heterocycles. The number of hydrogen-bond acceptors (Lipinski definition) is 14. The Hall–Kier alpha value is 0.883. The van der Waals surface area contributed by atoms with Gasteiger partial charge in [-0.2, -0.15) is 8.42 Å². The minimum Gasteiger partial charge on any atom is -0.394 e. The smallest absolute Gasteiger partial charge is 0.394 e. The van der Waals surface area contributed by atoms with Crippen molar-refractivity contribution in [3.05, 3.63) is 0 Å². The second kappa shape index (κ2) is 14.9. The molecule has 2 N–H and O–H groups in total. The second-order valence-corrected chi connectivity index (χ2v) is 3.30. The average molecular weight is 430 g/mol. The minimum atomic E-state index is -4.77. The average Bonchev–Trinajstić information content (AvgIpc) is 2.16. The summed E-state index contributed by atoms with van der Waals surface area (Å²) in [6.07, 6.45) is 0. The molecule has 6 radical (unpaired) electrons. The Morgan fingerprint density at radius 3 is 1.41 bits per heavy atom. The van der Waals surface area contributed by atoms with Gasteiger partial charge in [-0.05, 0) is 0 Å². The van der Waals surface area contributed by atoms with E-state index in [1.165, 1.54) is 0 Å². The van der Waals surface area contributed by atoms with Crippen LogP contribution in [0.1, 0.15) is 0 Å². The quantitative estimate of drug-likeness (QED) is 0.209. The van der Waals surface area contributed by atoms with Crippen molar-refractivity contribution in [1.82, 2.24) is 0 Å². The zero-order chi connectivity index (χ0) is 12.5. The van der Waals surface area contributed by atoms with Crippen molar-refractivity contribution >= 4 is 71.9 Å². The van der Waals surface area contributed by atoms with Crippen LogP contribution in [-0.2, 0) is 66.5 Å². The Balaban J connectivity index is -0.000000105. The van der Waals surface area contributed by atoms with Crippen molar-refractivity contribution in [3.63, 3.8) is 0 Å². The van der Waals surface area contributed by atoms with Crippen LogP contribution in [0.3, 0.4) is 0 Å². The fourth-order valence-electron chi connectivity index (χ4n) is 0.0691. The summed E-state index contributed by atoms with van der Waals surface area (Å²) < 4.78 is 67.6. The Labute approximate surface area is 124 Å². The van der Waals surface area contributed by atoms with Gasteiger partial charge in [0.05, 0.1) is 22.0 Å². The van der Waals surface area contributed by atoms with Crippen LogP contribution in [0.25, 0.3) is 0 Å². The maximum atomic E-state index is 9.81. The Bertz CT molecular complexity index is 370. The van der Waals surface area contributed by atoms with Gasteiger partial charge in [-0.1, -0.05) is 8.67 Å². The predicted molar refractivity (Wildman–Crippen MR) is 47.5 cm³/mol. The molecule has 17 heavy (non-hydrogen) atoms. The molecule has 0 heterocycles. The molecule has 0 aliphatic carbocycles. The van der Waals surface area contributed by atoms with E-state index < -0.39 is 32.4 Å². The molecule has 0 fully saturated rings. The molecule has 0 amide bonds. The fraction of sp³-hybridized carbons (Fsp3) is 0. The molecule has 0 aliphatic rings. The van der Waals surface area contributed by atoms with Crippen LogP contribution >= 0.6 is 0 Å². The number of rotatable bonds is 5. The van der Waals surface area contributed by atoms with Crippen LogP contribution in [0, 0.1) is 0 Å². The second-order valence-electron chi connectivity index (χ2n) is 1.10. The third kappa shape index (κ3) is 26.5. The normalized spacial score (nSPS) is 9.88. The first-order valence-electron chi connectivity index (χ1n) is 2.20. The largest absolute Gasteiger partial charge is 0.451 e. The van der Waals surface area contributed by atoms with E-state index in [1.807, 2.05) is 0 Å². The fourth-order valence-corrected chi connectivity index (χ4v) is 0.548. The van der Waals surface area contributed by atoms with Crippen LogP contribution in [0.5, 0.6) is 0 Å². The van der Waals surface area contributed by atoms with Gasteiger partial charge in [0.2, 0.25) is 0 Å². The topological polar surface area (TPSA) is 180 Å². The van der Waals surface area contributed by atoms with Crippen molar-refractivity contribution in [2.45, 2.75) is 0 Å². The maximum Gasteiger partial charge on any atom is 0.451 e. The molecule has 0 saturated carbocycles. The Morgan fingerprint density at radius 1 is 0.882 bits per heavy atom. The van der Waals surface area contributed by atoms with Crippen molar-refractivity contribution in [2.24, 2.45) is 0 Å². The first kappa shape index (κ1) is 26.4. The minimum absolute atomic E-state index is 0. The zero-order valence-electron chi connectivity index (χ0n) is 7.36. The first-order chi connectivity index (χ1) is 6.75. The molecule has 0 aliphatic heterocycles. The van der Waals surface area contributed by atoms with Gasteiger partial charge in [0, 0.05) is 39.6 Å². The van der Waals surface area contributed by atoms with Crippen LogP contribution in [-0.4, -0.2) is 58.5 Å². The van der Waals surface area contributed by atoms with Gasteiger partial charge in [-0.25, -0.2) is 5.26 Å². The summed E-state index contributed by atoms with van der Waals surface area (Å²) in [4.78, 5) is 0. The van der Waals surface area contributed by atoms with Gasteiger partial charge in [0.1, 0.15) is 0 Å². The summed E-state index contributed by atoms with van der Waals surface area (Å²) in [5, 5.41) is 14.4. The van der Waals surface area contributed by atoms with Gasteiger partial charge in [0.15, 0.2) is 0 Å². The molecule has 0 aromatic rings. The van der Waals surface area contributed by atoms with Crippen LogP contribution in [0.4, 0.5) is 0 Å². The molecule has 0 unspecified atom stereocenters. The number of hydrogen-bond donors (Lipinski definition) is 2. The van der Waals surface area contributed by atoms with E-state index >= 15 is 0 Å². The van der Waals surface area contributed by atoms with Gasteiger partial charge >= 0.3 is 10.4 Å². The molecule has 0 atom stereocenters. The van der Waals surface area contributed by atoms with E-state index in [2.05, 4.69) is 17.3 Å². The van der Waals surface area contributed by atoms with Gasteiger partial charge < -0.3 is 16.8 Å². The third-order valence-electron chi connectivity index (χ3n) is 0.319. The molecule has 0 spiro atoms. The molecular weight excluding hydrogens is 428 g/mol. The zero-order valence-corrected chi connectivity index (χ0v) is 14.7. The summed E-state index contributed by atoms with van der Waals surface area (Å²) >= 11 is 0. The molecule has 0 bridgehead atoms. The van der Waals surface area contributed by atoms with Crippen molar-refractivity contribution in [2.75, 3.05) is 0 Å². The van der Waals surface area contributed by atoms with Crippen LogP contribution in [0.2, 0.25) is 0 Å². The summed E-state index contributed by atoms with van der Waals surface area (Å²) in [6, 6.07) is 0. The van der Waals surface area contributed by atoms with Crippen LogP contribution in [0.15, 0.2) is 0 Å². The van der Waals surface area contributed by atoms with E-state index in [9.17, 15) is 16.8 Å². The van der Waals surface area contributed by atoms with Crippen LogP contribution < -0.4 is 0 Å². The van der Waals surface area contributed by atoms with E-state index in [0.29, 0.717) is 0 Å². The third-order valence-corrected chi connectivity index (χ3v) is 1.12. The summed E-state index contributed by atoms with van der Waals surface area (Å²) in [7, 11) is -10.7. The molecular formula is H2Ga2O12S3-2. The summed E-state index contributed by atoms with van der Waals surface area (Å²) in [6.45, 7) is 0. The maximum absolute atomic E-state index is 9.81. The van der Waals surface area contributed by atoms with Crippen molar-refractivity contribution in [1.29, 1.82) is 0 Å². The molecule has 0 rings (SSSR count). The Morgan fingerprint density at radius 2 is 1.24 bits per heavy atom. The molecule has 0 aromatic carbocycles. The van der Waals surface area contributed by atoms with Gasteiger partial charge in [-0.15, -0.1) is 0 Å². The van der Waals surface area contributed by atoms with Crippen molar-refractivity contribution in [3.8, 4) is 0 Å². The van der Waals surface area contributed by atoms with Gasteiger partial charge in [0.25, 0.3) is 0 Å². The molecule has 0 aromatic heterocycles. The van der Waals surface area contributed by atoms with E-state index in [4.69, 9.17) is 18.9 Å². The summed E-state index contributed by atoms with van der Waals surface area (Å²) in [5.74, 6) is 0. The standard InChI is InChI=1S/2Ga.HO8S2.HO4S/c;;1-6-10(4,5)8-7-9(2)3;1-4-5(2)3/h;;1H;1H/q;;2*-1. The Kier molecular flexibility index (Phi) is 23.2. The molecule has 12 nitrogen and oxygen atoms in total.